The summed E-state index contributed by atoms with van der Waals surface area (Å²) in [6.45, 7) is 2.53. The zero-order valence-corrected chi connectivity index (χ0v) is 15.6. The summed E-state index contributed by atoms with van der Waals surface area (Å²) >= 11 is 0. The van der Waals surface area contributed by atoms with E-state index in [2.05, 4.69) is 5.10 Å². The number of alkyl halides is 3. The van der Waals surface area contributed by atoms with E-state index in [4.69, 9.17) is 14.2 Å². The molecule has 1 heterocycles. The maximum atomic E-state index is 13.5. The fourth-order valence-corrected chi connectivity index (χ4v) is 2.32. The zero-order chi connectivity index (χ0) is 21.6. The fourth-order valence-electron chi connectivity index (χ4n) is 2.32. The van der Waals surface area contributed by atoms with Crippen LogP contribution in [0.1, 0.15) is 35.5 Å². The molecule has 11 heteroatoms. The quantitative estimate of drug-likeness (QED) is 0.483. The number of rotatable bonds is 8. The monoisotopic (exact) mass is 418 g/mol. The number of carbonyl (C=O) groups excluding carboxylic acids is 2. The Morgan fingerprint density at radius 1 is 1.07 bits per heavy atom. The van der Waals surface area contributed by atoms with E-state index in [0.29, 0.717) is 6.07 Å². The minimum Gasteiger partial charge on any atom is -0.473 e. The second kappa shape index (κ2) is 9.39. The number of carbonyl (C=O) groups is 2. The largest absolute Gasteiger partial charge is 0.473 e. The molecule has 0 amide bonds. The highest BCUT2D eigenvalue weighted by atomic mass is 19.4. The minimum absolute atomic E-state index is 0.0866. The lowest BCUT2D eigenvalue weighted by Crippen LogP contribution is -2.16. The number of benzene rings is 1. The minimum atomic E-state index is -4.72. The van der Waals surface area contributed by atoms with E-state index in [9.17, 15) is 27.2 Å². The lowest BCUT2D eigenvalue weighted by Gasteiger charge is -2.11. The molecule has 0 saturated heterocycles. The molecule has 2 rings (SSSR count). The maximum Gasteiger partial charge on any atom is 0.416 e. The van der Waals surface area contributed by atoms with Gasteiger partial charge in [-0.05, 0) is 37.6 Å². The molecule has 0 spiro atoms. The number of ether oxygens (including phenoxy) is 3. The Morgan fingerprint density at radius 3 is 2.38 bits per heavy atom. The van der Waals surface area contributed by atoms with Crippen LogP contribution in [0.2, 0.25) is 0 Å². The van der Waals surface area contributed by atoms with Crippen LogP contribution < -0.4 is 4.74 Å². The Morgan fingerprint density at radius 2 is 1.76 bits per heavy atom. The van der Waals surface area contributed by atoms with E-state index in [1.807, 2.05) is 0 Å². The van der Waals surface area contributed by atoms with E-state index in [-0.39, 0.29) is 30.4 Å². The van der Waals surface area contributed by atoms with Crippen molar-refractivity contribution >= 4 is 11.9 Å². The normalized spacial score (nSPS) is 11.2. The van der Waals surface area contributed by atoms with E-state index < -0.39 is 42.6 Å². The van der Waals surface area contributed by atoms with Crippen molar-refractivity contribution in [2.45, 2.75) is 33.2 Å². The number of hydrogen-bond donors (Lipinski definition) is 0. The van der Waals surface area contributed by atoms with Crippen LogP contribution >= 0.6 is 0 Å². The topological polar surface area (TPSA) is 79.7 Å². The number of aromatic nitrogens is 2. The van der Waals surface area contributed by atoms with Crippen molar-refractivity contribution < 1.29 is 41.4 Å². The summed E-state index contributed by atoms with van der Waals surface area (Å²) in [7, 11) is 0. The lowest BCUT2D eigenvalue weighted by atomic mass is 10.1. The molecule has 0 fully saturated rings. The van der Waals surface area contributed by atoms with Gasteiger partial charge in [-0.15, -0.1) is 0 Å². The number of halogens is 4. The summed E-state index contributed by atoms with van der Waals surface area (Å²) in [5.74, 6) is -2.62. The van der Waals surface area contributed by atoms with Gasteiger partial charge in [-0.3, -0.25) is 4.79 Å². The fraction of sp³-hybridized carbons (Fsp3) is 0.389. The average Bonchev–Trinajstić information content (AvgIpc) is 3.02. The molecule has 0 aliphatic rings. The SMILES string of the molecule is CCOC(=O)Cn1nc(C(=O)OCC)cc1OCc1cc(F)cc(C(F)(F)F)c1. The molecule has 1 aromatic heterocycles. The standard InChI is InChI=1S/C18H18F4N2O5/c1-3-27-16(25)9-24-15(8-14(23-24)17(26)28-4-2)29-10-11-5-12(18(20,21)22)7-13(19)6-11/h5-8H,3-4,9-10H2,1-2H3. The molecule has 7 nitrogen and oxygen atoms in total. The Labute approximate surface area is 163 Å². The molecule has 0 unspecified atom stereocenters. The molecule has 0 saturated carbocycles. The summed E-state index contributed by atoms with van der Waals surface area (Å²) in [5.41, 5.74) is -1.43. The molecule has 0 radical (unpaired) electrons. The van der Waals surface area contributed by atoms with Gasteiger partial charge in [-0.2, -0.15) is 18.3 Å². The van der Waals surface area contributed by atoms with Gasteiger partial charge < -0.3 is 14.2 Å². The van der Waals surface area contributed by atoms with Gasteiger partial charge in [-0.25, -0.2) is 13.9 Å². The summed E-state index contributed by atoms with van der Waals surface area (Å²) in [4.78, 5) is 23.6. The maximum absolute atomic E-state index is 13.5. The number of hydrogen-bond acceptors (Lipinski definition) is 6. The van der Waals surface area contributed by atoms with Crippen molar-refractivity contribution in [3.05, 3.63) is 46.9 Å². The van der Waals surface area contributed by atoms with Crippen molar-refractivity contribution in [1.82, 2.24) is 9.78 Å². The van der Waals surface area contributed by atoms with E-state index in [1.54, 1.807) is 13.8 Å². The first kappa shape index (κ1) is 22.2. The summed E-state index contributed by atoms with van der Waals surface area (Å²) in [5, 5.41) is 3.90. The first-order valence-corrected chi connectivity index (χ1v) is 8.54. The molecular weight excluding hydrogens is 400 g/mol. The average molecular weight is 418 g/mol. The highest BCUT2D eigenvalue weighted by Gasteiger charge is 2.31. The van der Waals surface area contributed by atoms with Crippen LogP contribution in [0.4, 0.5) is 17.6 Å². The van der Waals surface area contributed by atoms with Crippen molar-refractivity contribution in [1.29, 1.82) is 0 Å². The molecule has 2 aromatic rings. The van der Waals surface area contributed by atoms with Gasteiger partial charge in [0.2, 0.25) is 5.88 Å². The second-order valence-corrected chi connectivity index (χ2v) is 5.69. The van der Waals surface area contributed by atoms with Gasteiger partial charge in [0.25, 0.3) is 0 Å². The third kappa shape index (κ3) is 6.19. The number of nitrogens with zero attached hydrogens (tertiary/aromatic N) is 2. The molecule has 0 N–H and O–H groups in total. The van der Waals surface area contributed by atoms with Gasteiger partial charge in [0, 0.05) is 6.07 Å². The van der Waals surface area contributed by atoms with Gasteiger partial charge in [-0.1, -0.05) is 0 Å². The first-order chi connectivity index (χ1) is 13.6. The Balaban J connectivity index is 2.25. The predicted octanol–water partition coefficient (Wildman–Crippen LogP) is 3.36. The molecule has 29 heavy (non-hydrogen) atoms. The Kier molecular flexibility index (Phi) is 7.18. The van der Waals surface area contributed by atoms with Crippen LogP contribution in [0, 0.1) is 5.82 Å². The summed E-state index contributed by atoms with van der Waals surface area (Å²) < 4.78 is 68.0. The van der Waals surface area contributed by atoms with Crippen LogP contribution in [0.25, 0.3) is 0 Å². The molecule has 0 atom stereocenters. The molecule has 0 bridgehead atoms. The van der Waals surface area contributed by atoms with Gasteiger partial charge in [0.05, 0.1) is 18.8 Å². The van der Waals surface area contributed by atoms with Crippen LogP contribution in [-0.2, 0) is 33.6 Å². The third-order valence-electron chi connectivity index (χ3n) is 3.48. The highest BCUT2D eigenvalue weighted by molar-refractivity contribution is 5.87. The first-order valence-electron chi connectivity index (χ1n) is 8.54. The van der Waals surface area contributed by atoms with Crippen molar-refractivity contribution in [3.8, 4) is 5.88 Å². The van der Waals surface area contributed by atoms with E-state index in [0.717, 1.165) is 16.8 Å². The Bertz CT molecular complexity index is 880. The summed E-state index contributed by atoms with van der Waals surface area (Å²) in [6, 6.07) is 3.16. The van der Waals surface area contributed by atoms with Crippen molar-refractivity contribution in [3.63, 3.8) is 0 Å². The molecule has 1 aromatic carbocycles. The predicted molar refractivity (Wildman–Crippen MR) is 90.6 cm³/mol. The number of esters is 2. The van der Waals surface area contributed by atoms with Crippen molar-refractivity contribution in [2.75, 3.05) is 13.2 Å². The molecule has 0 aliphatic heterocycles. The van der Waals surface area contributed by atoms with Crippen LogP contribution in [0.15, 0.2) is 24.3 Å². The van der Waals surface area contributed by atoms with Gasteiger partial charge in [0.15, 0.2) is 5.69 Å². The summed E-state index contributed by atoms with van der Waals surface area (Å²) in [6.07, 6.45) is -4.72. The molecular formula is C18H18F4N2O5. The zero-order valence-electron chi connectivity index (χ0n) is 15.6. The van der Waals surface area contributed by atoms with Crippen LogP contribution in [0.3, 0.4) is 0 Å². The van der Waals surface area contributed by atoms with Gasteiger partial charge in [0.1, 0.15) is 19.0 Å². The van der Waals surface area contributed by atoms with E-state index in [1.165, 1.54) is 6.07 Å². The van der Waals surface area contributed by atoms with E-state index >= 15 is 0 Å². The molecule has 0 aliphatic carbocycles. The van der Waals surface area contributed by atoms with Gasteiger partial charge >= 0.3 is 18.1 Å². The van der Waals surface area contributed by atoms with Crippen LogP contribution in [-0.4, -0.2) is 34.9 Å². The third-order valence-corrected chi connectivity index (χ3v) is 3.48. The Hall–Kier alpha value is -3.11. The smallest absolute Gasteiger partial charge is 0.416 e. The van der Waals surface area contributed by atoms with Crippen LogP contribution in [0.5, 0.6) is 5.88 Å². The lowest BCUT2D eigenvalue weighted by molar-refractivity contribution is -0.144. The second-order valence-electron chi connectivity index (χ2n) is 5.69. The highest BCUT2D eigenvalue weighted by Crippen LogP contribution is 2.30. The molecule has 158 valence electrons. The van der Waals surface area contributed by atoms with Crippen molar-refractivity contribution in [2.24, 2.45) is 0 Å².